The highest BCUT2D eigenvalue weighted by molar-refractivity contribution is 7.14. The minimum absolute atomic E-state index is 0.134. The Morgan fingerprint density at radius 2 is 1.77 bits per heavy atom. The number of esters is 1. The number of amides is 1. The molecule has 30 heavy (non-hydrogen) atoms. The Morgan fingerprint density at radius 1 is 1.07 bits per heavy atom. The van der Waals surface area contributed by atoms with E-state index in [1.54, 1.807) is 16.4 Å². The highest BCUT2D eigenvalue weighted by atomic mass is 32.1. The van der Waals surface area contributed by atoms with Gasteiger partial charge in [0.1, 0.15) is 0 Å². The average Bonchev–Trinajstić information content (AvgIpc) is 3.32. The summed E-state index contributed by atoms with van der Waals surface area (Å²) in [6, 6.07) is 15.1. The van der Waals surface area contributed by atoms with Gasteiger partial charge in [-0.1, -0.05) is 36.4 Å². The number of cyclic esters (lactones) is 1. The van der Waals surface area contributed by atoms with Gasteiger partial charge in [-0.15, -0.1) is 11.3 Å². The van der Waals surface area contributed by atoms with Crippen LogP contribution in [0.2, 0.25) is 0 Å². The quantitative estimate of drug-likeness (QED) is 0.452. The molecule has 150 valence electrons. The number of para-hydroxylation sites is 1. The number of anilines is 2. The fourth-order valence-electron chi connectivity index (χ4n) is 3.24. The number of hydrogen-bond donors (Lipinski definition) is 0. The van der Waals surface area contributed by atoms with Crippen LogP contribution in [0.3, 0.4) is 0 Å². The third-order valence-corrected chi connectivity index (χ3v) is 5.45. The lowest BCUT2D eigenvalue weighted by atomic mass is 10.1. The Bertz CT molecular complexity index is 1180. The van der Waals surface area contributed by atoms with E-state index in [4.69, 9.17) is 4.74 Å². The van der Waals surface area contributed by atoms with Gasteiger partial charge >= 0.3 is 5.97 Å². The van der Waals surface area contributed by atoms with Crippen molar-refractivity contribution < 1.29 is 14.3 Å². The molecule has 0 unspecified atom stereocenters. The van der Waals surface area contributed by atoms with Gasteiger partial charge in [0.05, 0.1) is 11.4 Å². The molecule has 7 heteroatoms. The molecule has 0 N–H and O–H groups in total. The van der Waals surface area contributed by atoms with Crippen molar-refractivity contribution in [3.63, 3.8) is 0 Å². The predicted molar refractivity (Wildman–Crippen MR) is 118 cm³/mol. The highest BCUT2D eigenvalue weighted by Crippen LogP contribution is 2.34. The first-order chi connectivity index (χ1) is 14.4. The molecule has 0 saturated heterocycles. The maximum Gasteiger partial charge on any atom is 0.363 e. The molecule has 1 aliphatic rings. The molecule has 2 heterocycles. The van der Waals surface area contributed by atoms with Gasteiger partial charge in [0, 0.05) is 17.9 Å². The molecule has 0 atom stereocenters. The number of rotatable bonds is 4. The van der Waals surface area contributed by atoms with Crippen molar-refractivity contribution in [1.29, 1.82) is 0 Å². The van der Waals surface area contributed by atoms with Crippen LogP contribution in [0, 0.1) is 13.8 Å². The van der Waals surface area contributed by atoms with Gasteiger partial charge in [-0.2, -0.15) is 0 Å². The van der Waals surface area contributed by atoms with Crippen LogP contribution in [0.25, 0.3) is 6.08 Å². The average molecular weight is 417 g/mol. The van der Waals surface area contributed by atoms with E-state index >= 15 is 0 Å². The third kappa shape index (κ3) is 3.79. The minimum atomic E-state index is -0.526. The first kappa shape index (κ1) is 19.7. The third-order valence-electron chi connectivity index (χ3n) is 4.60. The van der Waals surface area contributed by atoms with Crippen LogP contribution in [-0.2, 0) is 14.3 Å². The zero-order chi connectivity index (χ0) is 21.3. The second-order valence-corrected chi connectivity index (χ2v) is 7.69. The van der Waals surface area contributed by atoms with Crippen LogP contribution in [-0.4, -0.2) is 22.8 Å². The van der Waals surface area contributed by atoms with Crippen molar-refractivity contribution in [3.05, 3.63) is 82.0 Å². The molecule has 3 aromatic rings. The minimum Gasteiger partial charge on any atom is -0.402 e. The van der Waals surface area contributed by atoms with Crippen molar-refractivity contribution in [2.45, 2.75) is 20.8 Å². The van der Waals surface area contributed by atoms with Crippen molar-refractivity contribution in [1.82, 2.24) is 4.98 Å². The number of aromatic nitrogens is 1. The summed E-state index contributed by atoms with van der Waals surface area (Å²) < 4.78 is 5.28. The summed E-state index contributed by atoms with van der Waals surface area (Å²) in [6.07, 6.45) is 1.57. The number of aryl methyl sites for hydroxylation is 2. The summed E-state index contributed by atoms with van der Waals surface area (Å²) in [5.74, 6) is -0.393. The van der Waals surface area contributed by atoms with E-state index in [-0.39, 0.29) is 17.5 Å². The Kier molecular flexibility index (Phi) is 5.29. The number of hydrogen-bond acceptors (Lipinski definition) is 6. The second kappa shape index (κ2) is 8.04. The van der Waals surface area contributed by atoms with Crippen molar-refractivity contribution in [2.75, 3.05) is 4.90 Å². The van der Waals surface area contributed by atoms with E-state index in [0.29, 0.717) is 10.8 Å². The van der Waals surface area contributed by atoms with E-state index in [0.717, 1.165) is 22.4 Å². The van der Waals surface area contributed by atoms with Gasteiger partial charge in [0.2, 0.25) is 11.8 Å². The molecule has 0 fully saturated rings. The van der Waals surface area contributed by atoms with Crippen LogP contribution >= 0.6 is 11.3 Å². The summed E-state index contributed by atoms with van der Waals surface area (Å²) in [5.41, 5.74) is 4.23. The SMILES string of the molecule is CC(=O)N(c1nc(/C=C2\N=C(c3ccccc3)OC2=O)cs1)c1c(C)cccc1C. The lowest BCUT2D eigenvalue weighted by Crippen LogP contribution is -2.24. The molecule has 4 rings (SSSR count). The molecular formula is C23H19N3O3S. The first-order valence-corrected chi connectivity index (χ1v) is 10.2. The number of aliphatic imine (C=N–C) groups is 1. The normalized spacial score (nSPS) is 14.6. The molecule has 0 aliphatic carbocycles. The van der Waals surface area contributed by atoms with Crippen LogP contribution in [0.5, 0.6) is 0 Å². The van der Waals surface area contributed by atoms with Crippen molar-refractivity contribution in [3.8, 4) is 0 Å². The van der Waals surface area contributed by atoms with Gasteiger partial charge in [0.15, 0.2) is 10.8 Å². The monoisotopic (exact) mass is 417 g/mol. The summed E-state index contributed by atoms with van der Waals surface area (Å²) in [6.45, 7) is 5.43. The summed E-state index contributed by atoms with van der Waals surface area (Å²) >= 11 is 1.33. The van der Waals surface area contributed by atoms with Crippen LogP contribution < -0.4 is 4.90 Å². The molecule has 0 radical (unpaired) electrons. The predicted octanol–water partition coefficient (Wildman–Crippen LogP) is 4.79. The lowest BCUT2D eigenvalue weighted by Gasteiger charge is -2.22. The van der Waals surface area contributed by atoms with Crippen LogP contribution in [0.15, 0.2) is 64.6 Å². The zero-order valence-corrected chi connectivity index (χ0v) is 17.6. The van der Waals surface area contributed by atoms with E-state index < -0.39 is 5.97 Å². The largest absolute Gasteiger partial charge is 0.402 e. The Hall–Kier alpha value is -3.58. The van der Waals surface area contributed by atoms with Gasteiger partial charge in [-0.05, 0) is 43.2 Å². The van der Waals surface area contributed by atoms with E-state index in [1.165, 1.54) is 18.3 Å². The zero-order valence-electron chi connectivity index (χ0n) is 16.7. The van der Waals surface area contributed by atoms with Gasteiger partial charge in [0.25, 0.3) is 0 Å². The lowest BCUT2D eigenvalue weighted by molar-refractivity contribution is -0.130. The van der Waals surface area contributed by atoms with Crippen LogP contribution in [0.4, 0.5) is 10.8 Å². The van der Waals surface area contributed by atoms with E-state index in [2.05, 4.69) is 9.98 Å². The second-order valence-electron chi connectivity index (χ2n) is 6.85. The van der Waals surface area contributed by atoms with Gasteiger partial charge in [-0.3, -0.25) is 9.69 Å². The Morgan fingerprint density at radius 3 is 2.43 bits per heavy atom. The van der Waals surface area contributed by atoms with Gasteiger partial charge in [-0.25, -0.2) is 14.8 Å². The highest BCUT2D eigenvalue weighted by Gasteiger charge is 2.25. The molecular weight excluding hydrogens is 398 g/mol. The summed E-state index contributed by atoms with van der Waals surface area (Å²) in [5, 5.41) is 2.32. The number of thiazole rings is 1. The maximum absolute atomic E-state index is 12.4. The number of ether oxygens (including phenoxy) is 1. The summed E-state index contributed by atoms with van der Waals surface area (Å²) in [4.78, 5) is 35.1. The maximum atomic E-state index is 12.4. The molecule has 1 amide bonds. The van der Waals surface area contributed by atoms with Crippen LogP contribution in [0.1, 0.15) is 29.3 Å². The van der Waals surface area contributed by atoms with Gasteiger partial charge < -0.3 is 4.74 Å². The number of benzene rings is 2. The molecule has 0 saturated carbocycles. The topological polar surface area (TPSA) is 71.9 Å². The van der Waals surface area contributed by atoms with E-state index in [1.807, 2.05) is 62.4 Å². The molecule has 0 spiro atoms. The number of carbonyl (C=O) groups is 2. The summed E-state index contributed by atoms with van der Waals surface area (Å²) in [7, 11) is 0. The molecule has 1 aromatic heterocycles. The van der Waals surface area contributed by atoms with Crippen molar-refractivity contribution >= 4 is 46.0 Å². The fourth-order valence-corrected chi connectivity index (χ4v) is 4.08. The van der Waals surface area contributed by atoms with Crippen molar-refractivity contribution in [2.24, 2.45) is 4.99 Å². The smallest absolute Gasteiger partial charge is 0.363 e. The molecule has 6 nitrogen and oxygen atoms in total. The molecule has 1 aliphatic heterocycles. The number of nitrogens with zero attached hydrogens (tertiary/aromatic N) is 3. The molecule has 2 aromatic carbocycles. The standard InChI is InChI=1S/C23H19N3O3S/c1-14-8-7-9-15(2)20(14)26(16(3)27)23-24-18(13-30-23)12-19-22(28)29-21(25-19)17-10-5-4-6-11-17/h4-13H,1-3H3/b19-12-. The fraction of sp³-hybridized carbons (Fsp3) is 0.130. The molecule has 0 bridgehead atoms. The first-order valence-electron chi connectivity index (χ1n) is 9.34. The Balaban J connectivity index is 1.67. The Labute approximate surface area is 178 Å². The number of carbonyl (C=O) groups excluding carboxylic acids is 2. The van der Waals surface area contributed by atoms with E-state index in [9.17, 15) is 9.59 Å².